The van der Waals surface area contributed by atoms with E-state index < -0.39 is 0 Å². The monoisotopic (exact) mass is 379 g/mol. The van der Waals surface area contributed by atoms with E-state index in [0.717, 1.165) is 42.0 Å². The van der Waals surface area contributed by atoms with Gasteiger partial charge < -0.3 is 19.3 Å². The molecule has 1 atom stereocenters. The van der Waals surface area contributed by atoms with Crippen LogP contribution in [0.5, 0.6) is 0 Å². The maximum Gasteiger partial charge on any atom is 0.257 e. The molecule has 0 saturated heterocycles. The van der Waals surface area contributed by atoms with Gasteiger partial charge in [0.05, 0.1) is 29.5 Å². The van der Waals surface area contributed by atoms with E-state index in [-0.39, 0.29) is 11.9 Å². The predicted molar refractivity (Wildman–Crippen MR) is 107 cm³/mol. The van der Waals surface area contributed by atoms with Gasteiger partial charge in [-0.15, -0.1) is 0 Å². The molecule has 4 rings (SSSR count). The third-order valence-corrected chi connectivity index (χ3v) is 5.32. The van der Waals surface area contributed by atoms with Gasteiger partial charge in [-0.2, -0.15) is 0 Å². The predicted octanol–water partition coefficient (Wildman–Crippen LogP) is 3.49. The Kier molecular flexibility index (Phi) is 4.66. The summed E-state index contributed by atoms with van der Waals surface area (Å²) in [6.07, 6.45) is 3.75. The van der Waals surface area contributed by atoms with Crippen molar-refractivity contribution in [2.75, 3.05) is 19.0 Å². The molecule has 1 N–H and O–H groups in total. The molecule has 3 aromatic rings. The van der Waals surface area contributed by atoms with Crippen molar-refractivity contribution >= 4 is 11.6 Å². The first kappa shape index (κ1) is 18.3. The first-order chi connectivity index (χ1) is 13.5. The fraction of sp³-hybridized carbons (Fsp3) is 0.381. The van der Waals surface area contributed by atoms with Crippen LogP contribution in [0.15, 0.2) is 35.1 Å². The molecule has 7 heteroatoms. The minimum Gasteiger partial charge on any atom is -0.378 e. The average Bonchev–Trinajstić information content (AvgIpc) is 3.25. The maximum atomic E-state index is 12.9. The second-order valence-electron chi connectivity index (χ2n) is 7.48. The van der Waals surface area contributed by atoms with Crippen molar-refractivity contribution in [2.24, 2.45) is 0 Å². The molecule has 1 aromatic carbocycles. The normalized spacial score (nSPS) is 15.9. The van der Waals surface area contributed by atoms with Gasteiger partial charge in [-0.3, -0.25) is 4.79 Å². The van der Waals surface area contributed by atoms with Gasteiger partial charge in [-0.25, -0.2) is 4.98 Å². The largest absolute Gasteiger partial charge is 0.378 e. The van der Waals surface area contributed by atoms with E-state index in [0.29, 0.717) is 17.0 Å². The number of carbonyl (C=O) groups is 1. The molecule has 1 amide bonds. The molecular formula is C21H25N5O2. The summed E-state index contributed by atoms with van der Waals surface area (Å²) in [6.45, 7) is 4.46. The Bertz CT molecular complexity index is 981. The van der Waals surface area contributed by atoms with E-state index in [1.54, 1.807) is 13.8 Å². The van der Waals surface area contributed by atoms with Crippen LogP contribution in [-0.2, 0) is 6.54 Å². The van der Waals surface area contributed by atoms with Crippen molar-refractivity contribution in [3.8, 4) is 11.3 Å². The van der Waals surface area contributed by atoms with E-state index in [4.69, 9.17) is 4.52 Å². The molecule has 146 valence electrons. The molecule has 0 aliphatic carbocycles. The van der Waals surface area contributed by atoms with Gasteiger partial charge in [0.15, 0.2) is 0 Å². The summed E-state index contributed by atoms with van der Waals surface area (Å²) in [5.41, 5.74) is 5.31. The van der Waals surface area contributed by atoms with Crippen molar-refractivity contribution in [2.45, 2.75) is 39.3 Å². The molecule has 0 saturated carbocycles. The fourth-order valence-corrected chi connectivity index (χ4v) is 3.86. The van der Waals surface area contributed by atoms with Gasteiger partial charge in [-0.1, -0.05) is 17.3 Å². The van der Waals surface area contributed by atoms with Gasteiger partial charge >= 0.3 is 0 Å². The standard InChI is InChI=1S/C21H25N5O2/c1-13-18(14(2)28-24-13)21(27)23-17-6-5-11-26-12-22-19(20(17)26)15-7-9-16(10-8-15)25(3)4/h7-10,12,17H,5-6,11H2,1-4H3,(H,23,27). The van der Waals surface area contributed by atoms with Gasteiger partial charge in [-0.05, 0) is 38.8 Å². The summed E-state index contributed by atoms with van der Waals surface area (Å²) in [5, 5.41) is 7.07. The highest BCUT2D eigenvalue weighted by atomic mass is 16.5. The number of aromatic nitrogens is 3. The lowest BCUT2D eigenvalue weighted by atomic mass is 9.98. The minimum absolute atomic E-state index is 0.0963. The lowest BCUT2D eigenvalue weighted by Crippen LogP contribution is -2.33. The molecule has 3 heterocycles. The number of amides is 1. The van der Waals surface area contributed by atoms with Crippen LogP contribution in [0.4, 0.5) is 5.69 Å². The van der Waals surface area contributed by atoms with Crippen LogP contribution in [0.2, 0.25) is 0 Å². The number of hydrogen-bond acceptors (Lipinski definition) is 5. The zero-order valence-corrected chi connectivity index (χ0v) is 16.7. The number of carbonyl (C=O) groups excluding carboxylic acids is 1. The zero-order valence-electron chi connectivity index (χ0n) is 16.7. The zero-order chi connectivity index (χ0) is 19.8. The number of hydrogen-bond donors (Lipinski definition) is 1. The summed E-state index contributed by atoms with van der Waals surface area (Å²) in [5.74, 6) is 0.392. The number of anilines is 1. The average molecular weight is 379 g/mol. The number of benzene rings is 1. The van der Waals surface area contributed by atoms with Crippen molar-refractivity contribution in [1.82, 2.24) is 20.0 Å². The molecule has 1 unspecified atom stereocenters. The molecule has 0 spiro atoms. The Labute approximate surface area is 164 Å². The Hall–Kier alpha value is -3.09. The Morgan fingerprint density at radius 3 is 2.64 bits per heavy atom. The lowest BCUT2D eigenvalue weighted by molar-refractivity contribution is 0.0927. The number of aryl methyl sites for hydroxylation is 3. The number of nitrogens with one attached hydrogen (secondary N) is 1. The first-order valence-corrected chi connectivity index (χ1v) is 9.52. The Morgan fingerprint density at radius 2 is 2.00 bits per heavy atom. The van der Waals surface area contributed by atoms with Crippen LogP contribution in [0.25, 0.3) is 11.3 Å². The molecule has 0 fully saturated rings. The van der Waals surface area contributed by atoms with Crippen LogP contribution in [0, 0.1) is 13.8 Å². The van der Waals surface area contributed by atoms with Gasteiger partial charge in [0.25, 0.3) is 5.91 Å². The third-order valence-electron chi connectivity index (χ3n) is 5.32. The lowest BCUT2D eigenvalue weighted by Gasteiger charge is -2.26. The highest BCUT2D eigenvalue weighted by molar-refractivity contribution is 5.96. The molecule has 28 heavy (non-hydrogen) atoms. The molecule has 1 aliphatic heterocycles. The quantitative estimate of drug-likeness (QED) is 0.751. The third kappa shape index (κ3) is 3.17. The van der Waals surface area contributed by atoms with Crippen molar-refractivity contribution < 1.29 is 9.32 Å². The minimum atomic E-state index is -0.148. The highest BCUT2D eigenvalue weighted by Gasteiger charge is 2.29. The van der Waals surface area contributed by atoms with E-state index in [2.05, 4.69) is 49.2 Å². The Morgan fingerprint density at radius 1 is 1.25 bits per heavy atom. The molecule has 7 nitrogen and oxygen atoms in total. The summed E-state index contributed by atoms with van der Waals surface area (Å²) < 4.78 is 7.30. The molecule has 0 bridgehead atoms. The summed E-state index contributed by atoms with van der Waals surface area (Å²) in [6, 6.07) is 8.24. The summed E-state index contributed by atoms with van der Waals surface area (Å²) in [4.78, 5) is 19.6. The Balaban J connectivity index is 1.66. The van der Waals surface area contributed by atoms with Crippen LogP contribution < -0.4 is 10.2 Å². The molecule has 2 aromatic heterocycles. The van der Waals surface area contributed by atoms with E-state index >= 15 is 0 Å². The maximum absolute atomic E-state index is 12.9. The van der Waals surface area contributed by atoms with Crippen molar-refractivity contribution in [3.63, 3.8) is 0 Å². The summed E-state index contributed by atoms with van der Waals surface area (Å²) in [7, 11) is 4.04. The molecule has 1 aliphatic rings. The SMILES string of the molecule is Cc1noc(C)c1C(=O)NC1CCCn2cnc(-c3ccc(N(C)C)cc3)c21. The van der Waals surface area contributed by atoms with Crippen molar-refractivity contribution in [1.29, 1.82) is 0 Å². The highest BCUT2D eigenvalue weighted by Crippen LogP contribution is 2.34. The number of fused-ring (bicyclic) bond motifs is 1. The summed E-state index contributed by atoms with van der Waals surface area (Å²) >= 11 is 0. The van der Waals surface area contributed by atoms with Crippen LogP contribution in [0.3, 0.4) is 0 Å². The van der Waals surface area contributed by atoms with Crippen LogP contribution in [-0.4, -0.2) is 34.7 Å². The van der Waals surface area contributed by atoms with Crippen LogP contribution in [0.1, 0.15) is 46.4 Å². The van der Waals surface area contributed by atoms with E-state index in [9.17, 15) is 4.79 Å². The topological polar surface area (TPSA) is 76.2 Å². The first-order valence-electron chi connectivity index (χ1n) is 9.52. The number of nitrogens with zero attached hydrogens (tertiary/aromatic N) is 4. The van der Waals surface area contributed by atoms with Gasteiger partial charge in [0.1, 0.15) is 11.3 Å². The van der Waals surface area contributed by atoms with Gasteiger partial charge in [0.2, 0.25) is 0 Å². The van der Waals surface area contributed by atoms with Crippen molar-refractivity contribution in [3.05, 3.63) is 53.3 Å². The van der Waals surface area contributed by atoms with Crippen LogP contribution >= 0.6 is 0 Å². The van der Waals surface area contributed by atoms with E-state index in [1.165, 1.54) is 0 Å². The number of rotatable bonds is 4. The van der Waals surface area contributed by atoms with E-state index in [1.807, 2.05) is 20.4 Å². The molecule has 0 radical (unpaired) electrons. The number of imidazole rings is 1. The van der Waals surface area contributed by atoms with Gasteiger partial charge in [0, 0.05) is 31.9 Å². The second kappa shape index (κ2) is 7.14. The fourth-order valence-electron chi connectivity index (χ4n) is 3.86. The second-order valence-corrected chi connectivity index (χ2v) is 7.48. The molecular weight excluding hydrogens is 354 g/mol. The smallest absolute Gasteiger partial charge is 0.257 e.